The van der Waals surface area contributed by atoms with Gasteiger partial charge in [0, 0.05) is 41.4 Å². The average Bonchev–Trinajstić information content (AvgIpc) is 3.28. The molecular weight excluding hydrogens is 352 g/mol. The van der Waals surface area contributed by atoms with E-state index in [-0.39, 0.29) is 0 Å². The number of aryl methyl sites for hydroxylation is 4. The van der Waals surface area contributed by atoms with E-state index in [1.54, 1.807) is 24.3 Å². The summed E-state index contributed by atoms with van der Waals surface area (Å²) in [5.74, 6) is 0. The number of fused-ring (bicyclic) bond motifs is 6. The first kappa shape index (κ1) is 11.6. The summed E-state index contributed by atoms with van der Waals surface area (Å²) in [4.78, 5) is 0. The van der Waals surface area contributed by atoms with Crippen molar-refractivity contribution >= 4 is 38.1 Å². The zero-order chi connectivity index (χ0) is 24.9. The van der Waals surface area contributed by atoms with Crippen LogP contribution in [-0.2, 0) is 7.05 Å². The van der Waals surface area contributed by atoms with Gasteiger partial charge in [0.1, 0.15) is 12.6 Å². The summed E-state index contributed by atoms with van der Waals surface area (Å²) < 4.78 is 50.9. The summed E-state index contributed by atoms with van der Waals surface area (Å²) in [6.45, 7) is -2.35. The zero-order valence-electron chi connectivity index (χ0n) is 22.2. The molecule has 0 saturated heterocycles. The highest BCUT2D eigenvalue weighted by atomic mass is 15.0. The van der Waals surface area contributed by atoms with E-state index in [1.165, 1.54) is 0 Å². The largest absolute Gasteiger partial charge is 0.303 e. The molecule has 6 rings (SSSR count). The van der Waals surface area contributed by atoms with Gasteiger partial charge in [-0.2, -0.15) is 4.57 Å². The van der Waals surface area contributed by atoms with Gasteiger partial charge in [0.2, 0.25) is 5.69 Å². The second-order valence-corrected chi connectivity index (χ2v) is 7.87. The summed E-state index contributed by atoms with van der Waals surface area (Å²) in [6.07, 6.45) is 2.10. The van der Waals surface area contributed by atoms with Crippen molar-refractivity contribution in [3.8, 4) is 11.3 Å². The number of pyridine rings is 1. The first-order valence-electron chi connectivity index (χ1n) is 12.7. The van der Waals surface area contributed by atoms with Crippen LogP contribution in [0.15, 0.2) is 66.9 Å². The van der Waals surface area contributed by atoms with Crippen molar-refractivity contribution in [1.29, 1.82) is 0 Å². The maximum Gasteiger partial charge on any atom is 0.213 e. The zero-order valence-corrected chi connectivity index (χ0v) is 16.2. The molecule has 3 heterocycles. The second kappa shape index (κ2) is 5.57. The predicted molar refractivity (Wildman–Crippen MR) is 122 cm³/mol. The molecule has 2 heteroatoms. The van der Waals surface area contributed by atoms with Crippen LogP contribution >= 0.6 is 0 Å². The SMILES string of the molecule is [2H]C([2H])([2H])c1ccc(-c2cc3c4cccc5c6cc(C([2H])([2H])[2H])ccc6n(c3c[n+]2C)c54)c(C)c1. The Balaban J connectivity index is 1.65. The molecule has 0 unspecified atom stereocenters. The minimum Gasteiger partial charge on any atom is -0.303 e. The Labute approximate surface area is 178 Å². The standard InChI is InChI=1S/C27H23N2/c1-16-8-10-19(18(3)12-16)25-14-23-21-7-5-6-20-22-13-17(2)9-11-24(22)29(27(20)21)26(23)15-28(25)4/h5-15H,1-4H3/q+1/i1D3,2D3. The third-order valence-electron chi connectivity index (χ3n) is 6.07. The number of nitrogens with zero attached hydrogens (tertiary/aromatic N) is 2. The van der Waals surface area contributed by atoms with Gasteiger partial charge in [0.05, 0.1) is 11.0 Å². The number of hydrogen-bond donors (Lipinski definition) is 0. The van der Waals surface area contributed by atoms with E-state index in [2.05, 4.69) is 27.3 Å². The van der Waals surface area contributed by atoms with Crippen molar-refractivity contribution in [1.82, 2.24) is 4.40 Å². The van der Waals surface area contributed by atoms with E-state index in [0.29, 0.717) is 11.1 Å². The maximum absolute atomic E-state index is 7.83. The molecule has 3 aromatic carbocycles. The molecule has 3 aromatic heterocycles. The topological polar surface area (TPSA) is 8.29 Å². The number of hydrogen-bond acceptors (Lipinski definition) is 0. The third-order valence-corrected chi connectivity index (χ3v) is 6.07. The van der Waals surface area contributed by atoms with E-state index in [4.69, 9.17) is 8.22 Å². The molecule has 0 saturated carbocycles. The summed E-state index contributed by atoms with van der Waals surface area (Å²) in [7, 11) is 1.99. The number of rotatable bonds is 1. The predicted octanol–water partition coefficient (Wildman–Crippen LogP) is 6.25. The molecule has 0 aliphatic heterocycles. The van der Waals surface area contributed by atoms with Crippen LogP contribution in [-0.4, -0.2) is 4.40 Å². The van der Waals surface area contributed by atoms with E-state index in [9.17, 15) is 0 Å². The molecule has 29 heavy (non-hydrogen) atoms. The average molecular weight is 382 g/mol. The fourth-order valence-electron chi connectivity index (χ4n) is 4.78. The molecule has 0 amide bonds. The lowest BCUT2D eigenvalue weighted by Crippen LogP contribution is -2.30. The molecule has 0 radical (unpaired) electrons. The van der Waals surface area contributed by atoms with Crippen molar-refractivity contribution in [2.75, 3.05) is 0 Å². The van der Waals surface area contributed by atoms with Crippen LogP contribution < -0.4 is 4.57 Å². The summed E-state index contributed by atoms with van der Waals surface area (Å²) >= 11 is 0. The number of aromatic nitrogens is 2. The highest BCUT2D eigenvalue weighted by molar-refractivity contribution is 6.23. The molecule has 140 valence electrons. The van der Waals surface area contributed by atoms with Crippen LogP contribution in [0.2, 0.25) is 0 Å². The van der Waals surface area contributed by atoms with Gasteiger partial charge in [-0.05, 0) is 44.4 Å². The van der Waals surface area contributed by atoms with Crippen molar-refractivity contribution < 1.29 is 12.8 Å². The van der Waals surface area contributed by atoms with Crippen molar-refractivity contribution in [2.24, 2.45) is 7.05 Å². The van der Waals surface area contributed by atoms with E-state index >= 15 is 0 Å². The van der Waals surface area contributed by atoms with Crippen LogP contribution in [0.4, 0.5) is 0 Å². The Morgan fingerprint density at radius 3 is 2.28 bits per heavy atom. The molecule has 0 N–H and O–H groups in total. The summed E-state index contributed by atoms with van der Waals surface area (Å²) in [5, 5.41) is 4.16. The van der Waals surface area contributed by atoms with Crippen LogP contribution in [0.25, 0.3) is 49.4 Å². The van der Waals surface area contributed by atoms with Crippen molar-refractivity contribution in [3.05, 3.63) is 83.6 Å². The van der Waals surface area contributed by atoms with Gasteiger partial charge in [0.15, 0.2) is 6.20 Å². The molecule has 6 aromatic rings. The van der Waals surface area contributed by atoms with Gasteiger partial charge in [-0.15, -0.1) is 0 Å². The Hall–Kier alpha value is -3.39. The lowest BCUT2D eigenvalue weighted by atomic mass is 10.0. The molecule has 0 fully saturated rings. The van der Waals surface area contributed by atoms with Gasteiger partial charge >= 0.3 is 0 Å². The first-order valence-corrected chi connectivity index (χ1v) is 9.69. The smallest absolute Gasteiger partial charge is 0.213 e. The van der Waals surface area contributed by atoms with Crippen molar-refractivity contribution in [2.45, 2.75) is 20.6 Å². The third kappa shape index (κ3) is 2.14. The Morgan fingerprint density at radius 2 is 1.52 bits per heavy atom. The van der Waals surface area contributed by atoms with Gasteiger partial charge < -0.3 is 4.40 Å². The molecule has 2 nitrogen and oxygen atoms in total. The van der Waals surface area contributed by atoms with E-state index < -0.39 is 13.7 Å². The van der Waals surface area contributed by atoms with Crippen LogP contribution in [0, 0.1) is 20.6 Å². The Bertz CT molecular complexity index is 1790. The van der Waals surface area contributed by atoms with Crippen LogP contribution in [0.1, 0.15) is 24.9 Å². The minimum atomic E-state index is -2.16. The fourth-order valence-corrected chi connectivity index (χ4v) is 4.78. The van der Waals surface area contributed by atoms with Gasteiger partial charge in [0.25, 0.3) is 0 Å². The van der Waals surface area contributed by atoms with E-state index in [1.807, 2.05) is 38.2 Å². The molecule has 0 atom stereocenters. The quantitative estimate of drug-likeness (QED) is 0.297. The molecule has 0 aliphatic carbocycles. The summed E-state index contributed by atoms with van der Waals surface area (Å²) in [6, 6.07) is 19.0. The number of benzene rings is 3. The van der Waals surface area contributed by atoms with E-state index in [0.717, 1.165) is 54.9 Å². The number of para-hydroxylation sites is 1. The van der Waals surface area contributed by atoms with Crippen LogP contribution in [0.5, 0.6) is 0 Å². The highest BCUT2D eigenvalue weighted by Crippen LogP contribution is 2.39. The van der Waals surface area contributed by atoms with Crippen LogP contribution in [0.3, 0.4) is 0 Å². The maximum atomic E-state index is 7.83. The normalized spacial score (nSPS) is 16.1. The minimum absolute atomic E-state index is 0.339. The van der Waals surface area contributed by atoms with Crippen molar-refractivity contribution in [3.63, 3.8) is 0 Å². The van der Waals surface area contributed by atoms with Gasteiger partial charge in [-0.25, -0.2) is 0 Å². The fraction of sp³-hybridized carbons (Fsp3) is 0.148. The highest BCUT2D eigenvalue weighted by Gasteiger charge is 2.22. The first-order chi connectivity index (χ1) is 16.4. The molecule has 0 spiro atoms. The van der Waals surface area contributed by atoms with Gasteiger partial charge in [-0.3, -0.25) is 0 Å². The monoisotopic (exact) mass is 381 g/mol. The molecule has 0 bridgehead atoms. The molecular formula is C27H23N2+. The second-order valence-electron chi connectivity index (χ2n) is 7.87. The lowest BCUT2D eigenvalue weighted by Gasteiger charge is -2.06. The Morgan fingerprint density at radius 1 is 0.793 bits per heavy atom. The lowest BCUT2D eigenvalue weighted by molar-refractivity contribution is -0.659. The molecule has 0 aliphatic rings. The summed E-state index contributed by atoms with van der Waals surface area (Å²) in [5.41, 5.74) is 6.66. The van der Waals surface area contributed by atoms with Gasteiger partial charge in [-0.1, -0.05) is 47.5 Å². The Kier molecular flexibility index (Phi) is 2.22.